The molecule has 0 spiro atoms. The molecule has 2 aromatic carbocycles. The second-order valence-corrected chi connectivity index (χ2v) is 8.09. The van der Waals surface area contributed by atoms with Crippen molar-refractivity contribution in [3.05, 3.63) is 64.7 Å². The van der Waals surface area contributed by atoms with E-state index in [1.807, 2.05) is 18.2 Å². The van der Waals surface area contributed by atoms with Crippen LogP contribution in [0.1, 0.15) is 40.4 Å². The average molecular weight is 395 g/mol. The molecule has 0 saturated carbocycles. The van der Waals surface area contributed by atoms with E-state index in [4.69, 9.17) is 4.74 Å². The number of aliphatic hydroxyl groups excluding tert-OH is 1. The minimum atomic E-state index is -0.579. The van der Waals surface area contributed by atoms with E-state index in [2.05, 4.69) is 36.1 Å². The fraction of sp³-hybridized carbons (Fsp3) is 0.458. The van der Waals surface area contributed by atoms with Crippen molar-refractivity contribution in [1.82, 2.24) is 9.80 Å². The van der Waals surface area contributed by atoms with Crippen LogP contribution in [0.15, 0.2) is 42.5 Å². The second-order valence-electron chi connectivity index (χ2n) is 8.09. The molecule has 5 heteroatoms. The molecule has 1 atom stereocenters. The summed E-state index contributed by atoms with van der Waals surface area (Å²) in [6.45, 7) is 5.79. The van der Waals surface area contributed by atoms with Crippen molar-refractivity contribution in [1.29, 1.82) is 0 Å². The molecular formula is C24H30N2O3. The number of β-amino-alcohol motifs (C(OH)–C–C–N with tert-alkyl or cyclic N) is 1. The van der Waals surface area contributed by atoms with Crippen LogP contribution in [0.3, 0.4) is 0 Å². The molecule has 154 valence electrons. The quantitative estimate of drug-likeness (QED) is 0.819. The van der Waals surface area contributed by atoms with Crippen LogP contribution in [0.25, 0.3) is 0 Å². The molecule has 4 rings (SSSR count). The average Bonchev–Trinajstić information content (AvgIpc) is 2.87. The Morgan fingerprint density at radius 1 is 1.10 bits per heavy atom. The molecule has 5 nitrogen and oxygen atoms in total. The Kier molecular flexibility index (Phi) is 6.16. The first-order chi connectivity index (χ1) is 14.1. The van der Waals surface area contributed by atoms with E-state index < -0.39 is 6.10 Å². The zero-order valence-corrected chi connectivity index (χ0v) is 17.1. The summed E-state index contributed by atoms with van der Waals surface area (Å²) >= 11 is 0. The van der Waals surface area contributed by atoms with E-state index in [-0.39, 0.29) is 5.91 Å². The molecule has 2 aliphatic rings. The Labute approximate surface area is 172 Å². The number of carbonyl (C=O) groups is 1. The minimum absolute atomic E-state index is 0.0522. The van der Waals surface area contributed by atoms with Gasteiger partial charge in [0.2, 0.25) is 0 Å². The molecule has 2 aliphatic heterocycles. The fourth-order valence-corrected chi connectivity index (χ4v) is 4.34. The second kappa shape index (κ2) is 8.97. The normalized spacial score (nSPS) is 17.9. The number of amides is 1. The number of rotatable bonds is 6. The first kappa shape index (κ1) is 19.9. The van der Waals surface area contributed by atoms with E-state index in [0.717, 1.165) is 32.4 Å². The van der Waals surface area contributed by atoms with E-state index in [9.17, 15) is 9.90 Å². The molecule has 0 bridgehead atoms. The zero-order valence-electron chi connectivity index (χ0n) is 17.1. The van der Waals surface area contributed by atoms with Crippen LogP contribution < -0.4 is 4.74 Å². The molecular weight excluding hydrogens is 364 g/mol. The molecule has 1 unspecified atom stereocenters. The predicted molar refractivity (Wildman–Crippen MR) is 113 cm³/mol. The van der Waals surface area contributed by atoms with E-state index in [0.29, 0.717) is 37.6 Å². The lowest BCUT2D eigenvalue weighted by Crippen LogP contribution is -2.44. The number of nitrogens with zero attached hydrogens (tertiary/aromatic N) is 2. The van der Waals surface area contributed by atoms with Crippen molar-refractivity contribution in [2.75, 3.05) is 32.8 Å². The smallest absolute Gasteiger partial charge is 0.257 e. The van der Waals surface area contributed by atoms with Gasteiger partial charge < -0.3 is 14.7 Å². The summed E-state index contributed by atoms with van der Waals surface area (Å²) in [5, 5.41) is 10.7. The van der Waals surface area contributed by atoms with Gasteiger partial charge in [0.05, 0.1) is 18.2 Å². The summed E-state index contributed by atoms with van der Waals surface area (Å²) in [7, 11) is 0. The zero-order chi connectivity index (χ0) is 20.2. The minimum Gasteiger partial charge on any atom is -0.491 e. The third-order valence-corrected chi connectivity index (χ3v) is 5.83. The molecule has 1 amide bonds. The van der Waals surface area contributed by atoms with E-state index in [1.54, 1.807) is 4.90 Å². The molecule has 0 radical (unpaired) electrons. The van der Waals surface area contributed by atoms with Gasteiger partial charge in [0.15, 0.2) is 0 Å². The first-order valence-corrected chi connectivity index (χ1v) is 10.7. The van der Waals surface area contributed by atoms with Gasteiger partial charge >= 0.3 is 0 Å². The van der Waals surface area contributed by atoms with Gasteiger partial charge in [-0.15, -0.1) is 0 Å². The predicted octanol–water partition coefficient (Wildman–Crippen LogP) is 2.89. The Hall–Kier alpha value is -2.37. The number of hydrogen-bond acceptors (Lipinski definition) is 4. The maximum absolute atomic E-state index is 13.0. The van der Waals surface area contributed by atoms with Gasteiger partial charge in [-0.2, -0.15) is 0 Å². The summed E-state index contributed by atoms with van der Waals surface area (Å²) in [5.41, 5.74) is 4.53. The lowest BCUT2D eigenvalue weighted by Gasteiger charge is -2.32. The van der Waals surface area contributed by atoms with Crippen LogP contribution in [0.5, 0.6) is 5.75 Å². The fourth-order valence-electron chi connectivity index (χ4n) is 4.34. The van der Waals surface area contributed by atoms with Gasteiger partial charge in [0.1, 0.15) is 12.4 Å². The van der Waals surface area contributed by atoms with Gasteiger partial charge in [-0.1, -0.05) is 43.7 Å². The monoisotopic (exact) mass is 394 g/mol. The van der Waals surface area contributed by atoms with Crippen molar-refractivity contribution >= 4 is 5.91 Å². The first-order valence-electron chi connectivity index (χ1n) is 10.7. The van der Waals surface area contributed by atoms with Gasteiger partial charge in [-0.3, -0.25) is 9.69 Å². The van der Waals surface area contributed by atoms with Crippen LogP contribution in [0.2, 0.25) is 0 Å². The maximum atomic E-state index is 13.0. The van der Waals surface area contributed by atoms with Crippen molar-refractivity contribution in [3.8, 4) is 5.75 Å². The summed E-state index contributed by atoms with van der Waals surface area (Å²) in [6.07, 6.45) is 2.47. The standard InChI is InChI=1S/C24H30N2O3/c1-2-5-18-8-9-22-23(14-18)29-13-12-26(24(22)28)17-21(27)16-25-11-10-19-6-3-4-7-20(19)15-25/h3-4,6-9,14,21,27H,2,5,10-13,15-17H2,1H3. The molecule has 1 N–H and O–H groups in total. The maximum Gasteiger partial charge on any atom is 0.257 e. The van der Waals surface area contributed by atoms with E-state index >= 15 is 0 Å². The summed E-state index contributed by atoms with van der Waals surface area (Å²) < 4.78 is 5.85. The highest BCUT2D eigenvalue weighted by molar-refractivity contribution is 5.97. The van der Waals surface area contributed by atoms with Crippen LogP contribution in [-0.4, -0.2) is 59.7 Å². The van der Waals surface area contributed by atoms with Gasteiger partial charge in [-0.25, -0.2) is 0 Å². The van der Waals surface area contributed by atoms with Gasteiger partial charge in [0, 0.05) is 26.2 Å². The third kappa shape index (κ3) is 4.62. The highest BCUT2D eigenvalue weighted by Gasteiger charge is 2.26. The van der Waals surface area contributed by atoms with Crippen LogP contribution in [-0.2, 0) is 19.4 Å². The Morgan fingerprint density at radius 3 is 2.76 bits per heavy atom. The Balaban J connectivity index is 1.38. The number of aryl methyl sites for hydroxylation is 1. The number of carbonyl (C=O) groups excluding carboxylic acids is 1. The summed E-state index contributed by atoms with van der Waals surface area (Å²) in [5.74, 6) is 0.620. The van der Waals surface area contributed by atoms with Crippen molar-refractivity contribution < 1.29 is 14.6 Å². The number of ether oxygens (including phenoxy) is 1. The number of fused-ring (bicyclic) bond motifs is 2. The largest absolute Gasteiger partial charge is 0.491 e. The molecule has 2 aromatic rings. The van der Waals surface area contributed by atoms with Crippen molar-refractivity contribution in [2.45, 2.75) is 38.8 Å². The molecule has 0 aromatic heterocycles. The summed E-state index contributed by atoms with van der Waals surface area (Å²) in [6, 6.07) is 14.4. The van der Waals surface area contributed by atoms with Crippen LogP contribution in [0, 0.1) is 0 Å². The molecule has 2 heterocycles. The number of benzene rings is 2. The molecule has 0 fully saturated rings. The molecule has 0 aliphatic carbocycles. The van der Waals surface area contributed by atoms with Gasteiger partial charge in [-0.05, 0) is 41.7 Å². The molecule has 29 heavy (non-hydrogen) atoms. The van der Waals surface area contributed by atoms with E-state index in [1.165, 1.54) is 16.7 Å². The lowest BCUT2D eigenvalue weighted by molar-refractivity contribution is 0.0501. The van der Waals surface area contributed by atoms with Gasteiger partial charge in [0.25, 0.3) is 5.91 Å². The SMILES string of the molecule is CCCc1ccc2c(c1)OCCN(CC(O)CN1CCc3ccccc3C1)C2=O. The Bertz CT molecular complexity index is 867. The van der Waals surface area contributed by atoms with Crippen LogP contribution >= 0.6 is 0 Å². The van der Waals surface area contributed by atoms with Crippen molar-refractivity contribution in [2.24, 2.45) is 0 Å². The van der Waals surface area contributed by atoms with Crippen LogP contribution in [0.4, 0.5) is 0 Å². The number of aliphatic hydroxyl groups is 1. The highest BCUT2D eigenvalue weighted by Crippen LogP contribution is 2.25. The highest BCUT2D eigenvalue weighted by atomic mass is 16.5. The Morgan fingerprint density at radius 2 is 1.93 bits per heavy atom. The summed E-state index contributed by atoms with van der Waals surface area (Å²) in [4.78, 5) is 17.0. The topological polar surface area (TPSA) is 53.0 Å². The third-order valence-electron chi connectivity index (χ3n) is 5.83. The number of hydrogen-bond donors (Lipinski definition) is 1. The van der Waals surface area contributed by atoms with Crippen molar-refractivity contribution in [3.63, 3.8) is 0 Å². The lowest BCUT2D eigenvalue weighted by atomic mass is 10.00. The molecule has 0 saturated heterocycles.